The van der Waals surface area contributed by atoms with Crippen LogP contribution < -0.4 is 0 Å². The predicted molar refractivity (Wildman–Crippen MR) is 72.9 cm³/mol. The van der Waals surface area contributed by atoms with Crippen LogP contribution in [-0.4, -0.2) is 17.6 Å². The maximum atomic E-state index is 12.5. The molecule has 0 saturated heterocycles. The van der Waals surface area contributed by atoms with Crippen LogP contribution >= 0.6 is 11.3 Å². The van der Waals surface area contributed by atoms with Crippen LogP contribution in [0.5, 0.6) is 0 Å². The number of aromatic nitrogens is 1. The van der Waals surface area contributed by atoms with Gasteiger partial charge in [0.15, 0.2) is 0 Å². The van der Waals surface area contributed by atoms with E-state index in [-0.39, 0.29) is 12.6 Å². The molecule has 0 aliphatic heterocycles. The number of hydrogen-bond acceptors (Lipinski definition) is 4. The Bertz CT molecular complexity index is 620. The third-order valence-corrected chi connectivity index (χ3v) is 3.59. The lowest BCUT2D eigenvalue weighted by Gasteiger charge is -2.06. The first-order chi connectivity index (χ1) is 9.86. The topological polar surface area (TPSA) is 39.2 Å². The number of carbonyl (C=O) groups is 1. The van der Waals surface area contributed by atoms with Gasteiger partial charge < -0.3 is 4.74 Å². The number of thiazole rings is 1. The van der Waals surface area contributed by atoms with E-state index in [0.29, 0.717) is 17.7 Å². The lowest BCUT2D eigenvalue weighted by Crippen LogP contribution is -2.04. The molecule has 0 amide bonds. The van der Waals surface area contributed by atoms with Crippen LogP contribution in [0.1, 0.15) is 17.5 Å². The Morgan fingerprint density at radius 2 is 1.95 bits per heavy atom. The number of rotatable bonds is 4. The van der Waals surface area contributed by atoms with E-state index in [1.807, 2.05) is 0 Å². The second kappa shape index (κ2) is 6.26. The van der Waals surface area contributed by atoms with Crippen LogP contribution in [0.2, 0.25) is 0 Å². The van der Waals surface area contributed by atoms with Crippen LogP contribution in [0.15, 0.2) is 29.6 Å². The summed E-state index contributed by atoms with van der Waals surface area (Å²) < 4.78 is 42.2. The summed E-state index contributed by atoms with van der Waals surface area (Å²) in [4.78, 5) is 15.0. The Labute approximate surface area is 123 Å². The van der Waals surface area contributed by atoms with E-state index in [0.717, 1.165) is 17.1 Å². The first-order valence-electron chi connectivity index (χ1n) is 6.11. The minimum atomic E-state index is -4.34. The highest BCUT2D eigenvalue weighted by Crippen LogP contribution is 2.31. The molecule has 0 unspecified atom stereocenters. The van der Waals surface area contributed by atoms with Crippen molar-refractivity contribution in [2.75, 3.05) is 6.61 Å². The number of hydrogen-bond donors (Lipinski definition) is 0. The molecule has 0 saturated carbocycles. The summed E-state index contributed by atoms with van der Waals surface area (Å²) in [5.41, 5.74) is 0.557. The van der Waals surface area contributed by atoms with Crippen molar-refractivity contribution in [1.29, 1.82) is 0 Å². The van der Waals surface area contributed by atoms with E-state index < -0.39 is 11.7 Å². The summed E-state index contributed by atoms with van der Waals surface area (Å²) in [6.45, 7) is 1.57. The molecule has 0 radical (unpaired) electrons. The summed E-state index contributed by atoms with van der Waals surface area (Å²) in [5, 5.41) is 2.54. The number of halogens is 3. The molecule has 112 valence electrons. The first-order valence-corrected chi connectivity index (χ1v) is 6.99. The highest BCUT2D eigenvalue weighted by molar-refractivity contribution is 7.09. The minimum absolute atomic E-state index is 0.245. The summed E-state index contributed by atoms with van der Waals surface area (Å²) in [7, 11) is 0. The van der Waals surface area contributed by atoms with E-state index in [4.69, 9.17) is 4.74 Å². The van der Waals surface area contributed by atoms with E-state index in [9.17, 15) is 18.0 Å². The Morgan fingerprint density at radius 1 is 1.29 bits per heavy atom. The molecule has 0 fully saturated rings. The van der Waals surface area contributed by atoms with Crippen molar-refractivity contribution in [3.63, 3.8) is 0 Å². The van der Waals surface area contributed by atoms with Crippen LogP contribution in [0.3, 0.4) is 0 Å². The minimum Gasteiger partial charge on any atom is -0.465 e. The molecule has 2 aromatic rings. The van der Waals surface area contributed by atoms with Crippen molar-refractivity contribution in [2.24, 2.45) is 0 Å². The molecule has 0 bridgehead atoms. The van der Waals surface area contributed by atoms with E-state index in [2.05, 4.69) is 4.98 Å². The van der Waals surface area contributed by atoms with Gasteiger partial charge in [-0.1, -0.05) is 12.1 Å². The predicted octanol–water partition coefficient (Wildman–Crippen LogP) is 3.93. The number of alkyl halides is 3. The molecule has 1 aromatic heterocycles. The van der Waals surface area contributed by atoms with Crippen LogP contribution in [0, 0.1) is 0 Å². The molecule has 1 heterocycles. The normalized spacial score (nSPS) is 11.4. The highest BCUT2D eigenvalue weighted by atomic mass is 32.1. The summed E-state index contributed by atoms with van der Waals surface area (Å²) >= 11 is 1.38. The van der Waals surface area contributed by atoms with Gasteiger partial charge in [0.2, 0.25) is 0 Å². The van der Waals surface area contributed by atoms with Gasteiger partial charge in [-0.25, -0.2) is 4.98 Å². The standard InChI is InChI=1S/C14H12F3NO2S/c1-9(19)20-7-6-13-18-12(8-21-13)10-2-4-11(5-3-10)14(15,16)17/h2-5,8H,6-7H2,1H3. The molecular weight excluding hydrogens is 303 g/mol. The summed E-state index contributed by atoms with van der Waals surface area (Å²) in [6.07, 6.45) is -3.85. The zero-order valence-electron chi connectivity index (χ0n) is 11.1. The van der Waals surface area contributed by atoms with Crippen molar-refractivity contribution in [3.05, 3.63) is 40.2 Å². The van der Waals surface area contributed by atoms with Crippen molar-refractivity contribution < 1.29 is 22.7 Å². The zero-order chi connectivity index (χ0) is 15.5. The Hall–Kier alpha value is -1.89. The third kappa shape index (κ3) is 4.29. The fourth-order valence-electron chi connectivity index (χ4n) is 1.67. The molecule has 0 aliphatic rings. The fourth-order valence-corrected chi connectivity index (χ4v) is 2.46. The van der Waals surface area contributed by atoms with Gasteiger partial charge in [-0.05, 0) is 12.1 Å². The lowest BCUT2D eigenvalue weighted by atomic mass is 10.1. The molecule has 3 nitrogen and oxygen atoms in total. The molecule has 0 N–H and O–H groups in total. The maximum Gasteiger partial charge on any atom is 0.416 e. The van der Waals surface area contributed by atoms with Gasteiger partial charge in [-0.2, -0.15) is 13.2 Å². The molecule has 1 aromatic carbocycles. The molecule has 21 heavy (non-hydrogen) atoms. The highest BCUT2D eigenvalue weighted by Gasteiger charge is 2.30. The molecule has 0 aliphatic carbocycles. The molecule has 7 heteroatoms. The largest absolute Gasteiger partial charge is 0.465 e. The van der Waals surface area contributed by atoms with Gasteiger partial charge in [-0.15, -0.1) is 11.3 Å². The second-order valence-corrected chi connectivity index (χ2v) is 5.23. The summed E-state index contributed by atoms with van der Waals surface area (Å²) in [5.74, 6) is -0.352. The zero-order valence-corrected chi connectivity index (χ0v) is 11.9. The van der Waals surface area contributed by atoms with Crippen molar-refractivity contribution in [2.45, 2.75) is 19.5 Å². The average Bonchev–Trinajstić information content (AvgIpc) is 2.86. The number of ether oxygens (including phenoxy) is 1. The molecule has 2 rings (SSSR count). The quantitative estimate of drug-likeness (QED) is 0.802. The van der Waals surface area contributed by atoms with E-state index in [1.165, 1.54) is 30.4 Å². The molecule has 0 atom stereocenters. The van der Waals surface area contributed by atoms with E-state index >= 15 is 0 Å². The molecular formula is C14H12F3NO2S. The van der Waals surface area contributed by atoms with Crippen molar-refractivity contribution >= 4 is 17.3 Å². The van der Waals surface area contributed by atoms with Gasteiger partial charge >= 0.3 is 12.1 Å². The SMILES string of the molecule is CC(=O)OCCc1nc(-c2ccc(C(F)(F)F)cc2)cs1. The Morgan fingerprint density at radius 3 is 2.52 bits per heavy atom. The van der Waals surface area contributed by atoms with Gasteiger partial charge in [0.1, 0.15) is 0 Å². The number of carbonyl (C=O) groups excluding carboxylic acids is 1. The second-order valence-electron chi connectivity index (χ2n) is 4.29. The van der Waals surface area contributed by atoms with Gasteiger partial charge in [-0.3, -0.25) is 4.79 Å². The third-order valence-electron chi connectivity index (χ3n) is 2.68. The van der Waals surface area contributed by atoms with E-state index in [1.54, 1.807) is 5.38 Å². The lowest BCUT2D eigenvalue weighted by molar-refractivity contribution is -0.141. The van der Waals surface area contributed by atoms with Crippen molar-refractivity contribution in [3.8, 4) is 11.3 Å². The average molecular weight is 315 g/mol. The first kappa shape index (κ1) is 15.5. The Balaban J connectivity index is 2.05. The van der Waals surface area contributed by atoms with Gasteiger partial charge in [0.05, 0.1) is 22.9 Å². The number of nitrogens with zero attached hydrogens (tertiary/aromatic N) is 1. The maximum absolute atomic E-state index is 12.5. The van der Waals surface area contributed by atoms with Crippen LogP contribution in [-0.2, 0) is 22.1 Å². The van der Waals surface area contributed by atoms with Crippen LogP contribution in [0.25, 0.3) is 11.3 Å². The van der Waals surface area contributed by atoms with Gasteiger partial charge in [0.25, 0.3) is 0 Å². The molecule has 0 spiro atoms. The Kier molecular flexibility index (Phi) is 4.62. The van der Waals surface area contributed by atoms with Crippen LogP contribution in [0.4, 0.5) is 13.2 Å². The number of benzene rings is 1. The monoisotopic (exact) mass is 315 g/mol. The summed E-state index contributed by atoms with van der Waals surface area (Å²) in [6, 6.07) is 4.86. The number of esters is 1. The van der Waals surface area contributed by atoms with Gasteiger partial charge in [0, 0.05) is 24.3 Å². The smallest absolute Gasteiger partial charge is 0.416 e. The fraction of sp³-hybridized carbons (Fsp3) is 0.286. The van der Waals surface area contributed by atoms with Crippen molar-refractivity contribution in [1.82, 2.24) is 4.98 Å².